The van der Waals surface area contributed by atoms with Gasteiger partial charge in [0.25, 0.3) is 0 Å². The van der Waals surface area contributed by atoms with Gasteiger partial charge in [-0.05, 0) is 39.7 Å². The molecule has 0 bridgehead atoms. The number of hydrogen-bond acceptors (Lipinski definition) is 1. The van der Waals surface area contributed by atoms with E-state index in [1.54, 1.807) is 12.1 Å². The van der Waals surface area contributed by atoms with Gasteiger partial charge in [-0.1, -0.05) is 35.3 Å². The number of halogens is 5. The van der Waals surface area contributed by atoms with Crippen molar-refractivity contribution in [1.82, 2.24) is 0 Å². The van der Waals surface area contributed by atoms with Gasteiger partial charge >= 0.3 is 0 Å². The Bertz CT molecular complexity index is 597. The molecule has 0 atom stereocenters. The molecular formula is C13H8BrCl2F2N. The summed E-state index contributed by atoms with van der Waals surface area (Å²) in [6, 6.07) is 7.60. The number of benzene rings is 2. The van der Waals surface area contributed by atoms with Crippen LogP contribution < -0.4 is 5.32 Å². The molecule has 0 saturated heterocycles. The monoisotopic (exact) mass is 365 g/mol. The maximum atomic E-state index is 13.3. The van der Waals surface area contributed by atoms with E-state index in [9.17, 15) is 8.78 Å². The first-order valence-electron chi connectivity index (χ1n) is 5.30. The van der Waals surface area contributed by atoms with Gasteiger partial charge in [0.15, 0.2) is 5.82 Å². The molecule has 0 aliphatic carbocycles. The van der Waals surface area contributed by atoms with E-state index in [0.717, 1.165) is 5.56 Å². The van der Waals surface area contributed by atoms with Gasteiger partial charge < -0.3 is 5.32 Å². The summed E-state index contributed by atoms with van der Waals surface area (Å²) in [5.41, 5.74) is 1.30. The highest BCUT2D eigenvalue weighted by molar-refractivity contribution is 9.10. The van der Waals surface area contributed by atoms with E-state index in [0.29, 0.717) is 16.7 Å². The van der Waals surface area contributed by atoms with Crippen LogP contribution in [0.3, 0.4) is 0 Å². The van der Waals surface area contributed by atoms with E-state index >= 15 is 0 Å². The van der Waals surface area contributed by atoms with Crippen LogP contribution in [0.25, 0.3) is 0 Å². The van der Waals surface area contributed by atoms with Crippen molar-refractivity contribution in [3.8, 4) is 0 Å². The average molecular weight is 367 g/mol. The lowest BCUT2D eigenvalue weighted by molar-refractivity contribution is 0.618. The third-order valence-corrected chi connectivity index (χ3v) is 3.94. The third-order valence-electron chi connectivity index (χ3n) is 2.50. The normalized spacial score (nSPS) is 10.6. The summed E-state index contributed by atoms with van der Waals surface area (Å²) in [7, 11) is 0. The molecule has 6 heteroatoms. The minimum atomic E-state index is -0.652. The molecule has 0 amide bonds. The maximum Gasteiger partial charge on any atom is 0.160 e. The Kier molecular flexibility index (Phi) is 4.66. The van der Waals surface area contributed by atoms with Crippen molar-refractivity contribution in [3.05, 3.63) is 62.0 Å². The molecule has 2 aromatic carbocycles. The Morgan fingerprint density at radius 1 is 1.11 bits per heavy atom. The van der Waals surface area contributed by atoms with Crippen molar-refractivity contribution in [3.63, 3.8) is 0 Å². The fraction of sp³-hybridized carbons (Fsp3) is 0.0769. The van der Waals surface area contributed by atoms with Gasteiger partial charge in [-0.2, -0.15) is 0 Å². The first-order valence-corrected chi connectivity index (χ1v) is 6.85. The first-order chi connectivity index (χ1) is 8.99. The molecule has 0 fully saturated rings. The summed E-state index contributed by atoms with van der Waals surface area (Å²) >= 11 is 14.5. The summed E-state index contributed by atoms with van der Waals surface area (Å²) in [4.78, 5) is 0. The molecule has 0 unspecified atom stereocenters. The van der Waals surface area contributed by atoms with E-state index < -0.39 is 5.82 Å². The van der Waals surface area contributed by atoms with Crippen molar-refractivity contribution < 1.29 is 8.78 Å². The number of rotatable bonds is 3. The molecule has 0 aromatic heterocycles. The van der Waals surface area contributed by atoms with Crippen LogP contribution in [0.2, 0.25) is 10.0 Å². The second-order valence-electron chi connectivity index (χ2n) is 3.82. The van der Waals surface area contributed by atoms with Crippen LogP contribution in [0.15, 0.2) is 34.8 Å². The van der Waals surface area contributed by atoms with E-state index in [4.69, 9.17) is 23.2 Å². The summed E-state index contributed by atoms with van der Waals surface area (Å²) in [5, 5.41) is 2.88. The highest BCUT2D eigenvalue weighted by Gasteiger charge is 2.09. The Balaban J connectivity index is 2.17. The lowest BCUT2D eigenvalue weighted by Gasteiger charge is -2.10. The topological polar surface area (TPSA) is 12.0 Å². The van der Waals surface area contributed by atoms with Crippen LogP contribution in [-0.2, 0) is 6.54 Å². The van der Waals surface area contributed by atoms with Crippen LogP contribution >= 0.6 is 39.1 Å². The Labute approximate surface area is 127 Å². The van der Waals surface area contributed by atoms with E-state index in [1.165, 1.54) is 18.2 Å². The standard InChI is InChI=1S/C13H8BrCl2F2N/c14-12-7(2-1-3-11(12)17)6-19-8-4-9(15)13(18)10(16)5-8/h1-5,19H,6H2. The van der Waals surface area contributed by atoms with E-state index in [-0.39, 0.29) is 15.9 Å². The molecule has 19 heavy (non-hydrogen) atoms. The summed E-state index contributed by atoms with van der Waals surface area (Å²) < 4.78 is 27.0. The average Bonchev–Trinajstić information content (AvgIpc) is 2.37. The molecule has 0 heterocycles. The highest BCUT2D eigenvalue weighted by Crippen LogP contribution is 2.28. The molecule has 0 aliphatic heterocycles. The molecule has 0 radical (unpaired) electrons. The van der Waals surface area contributed by atoms with Gasteiger partial charge in [0.1, 0.15) is 5.82 Å². The lowest BCUT2D eigenvalue weighted by Crippen LogP contribution is -2.01. The van der Waals surface area contributed by atoms with Gasteiger partial charge in [0.05, 0.1) is 14.5 Å². The largest absolute Gasteiger partial charge is 0.381 e. The molecular weight excluding hydrogens is 359 g/mol. The second-order valence-corrected chi connectivity index (χ2v) is 5.43. The number of anilines is 1. The molecule has 0 spiro atoms. The fourth-order valence-electron chi connectivity index (χ4n) is 1.54. The lowest BCUT2D eigenvalue weighted by atomic mass is 10.2. The molecule has 0 aliphatic rings. The van der Waals surface area contributed by atoms with Crippen molar-refractivity contribution in [2.45, 2.75) is 6.54 Å². The molecule has 1 N–H and O–H groups in total. The predicted octanol–water partition coefficient (Wildman–Crippen LogP) is 5.65. The second kappa shape index (κ2) is 6.07. The van der Waals surface area contributed by atoms with Crippen LogP contribution in [0.5, 0.6) is 0 Å². The van der Waals surface area contributed by atoms with Crippen LogP contribution in [0.1, 0.15) is 5.56 Å². The molecule has 1 nitrogen and oxygen atoms in total. The van der Waals surface area contributed by atoms with Gasteiger partial charge in [-0.3, -0.25) is 0 Å². The minimum absolute atomic E-state index is 0.0618. The van der Waals surface area contributed by atoms with E-state index in [1.807, 2.05) is 0 Å². The van der Waals surface area contributed by atoms with Crippen molar-refractivity contribution >= 4 is 44.8 Å². The van der Waals surface area contributed by atoms with Gasteiger partial charge in [-0.15, -0.1) is 0 Å². The predicted molar refractivity (Wildman–Crippen MR) is 77.8 cm³/mol. The quantitative estimate of drug-likeness (QED) is 0.692. The smallest absolute Gasteiger partial charge is 0.160 e. The van der Waals surface area contributed by atoms with Crippen molar-refractivity contribution in [2.24, 2.45) is 0 Å². The third kappa shape index (κ3) is 3.38. The molecule has 0 saturated carbocycles. The Morgan fingerprint density at radius 2 is 1.74 bits per heavy atom. The summed E-state index contributed by atoms with van der Waals surface area (Å²) in [6.07, 6.45) is 0. The van der Waals surface area contributed by atoms with Crippen molar-refractivity contribution in [1.29, 1.82) is 0 Å². The fourth-order valence-corrected chi connectivity index (χ4v) is 2.43. The SMILES string of the molecule is Fc1cccc(CNc2cc(Cl)c(F)c(Cl)c2)c1Br. The minimum Gasteiger partial charge on any atom is -0.381 e. The van der Waals surface area contributed by atoms with E-state index in [2.05, 4.69) is 21.2 Å². The summed E-state index contributed by atoms with van der Waals surface area (Å²) in [5.74, 6) is -0.990. The number of nitrogens with one attached hydrogen (secondary N) is 1. The zero-order chi connectivity index (χ0) is 14.0. The Hall–Kier alpha value is -0.840. The molecule has 2 rings (SSSR count). The zero-order valence-corrected chi connectivity index (χ0v) is 12.6. The summed E-state index contributed by atoms with van der Waals surface area (Å²) in [6.45, 7) is 0.358. The van der Waals surface area contributed by atoms with Crippen LogP contribution in [0, 0.1) is 11.6 Å². The van der Waals surface area contributed by atoms with Crippen LogP contribution in [-0.4, -0.2) is 0 Å². The first kappa shape index (κ1) is 14.6. The Morgan fingerprint density at radius 3 is 2.37 bits per heavy atom. The molecule has 100 valence electrons. The highest BCUT2D eigenvalue weighted by atomic mass is 79.9. The van der Waals surface area contributed by atoms with Crippen LogP contribution in [0.4, 0.5) is 14.5 Å². The van der Waals surface area contributed by atoms with Crippen molar-refractivity contribution in [2.75, 3.05) is 5.32 Å². The zero-order valence-electron chi connectivity index (χ0n) is 9.48. The van der Waals surface area contributed by atoms with Gasteiger partial charge in [0.2, 0.25) is 0 Å². The van der Waals surface area contributed by atoms with Gasteiger partial charge in [-0.25, -0.2) is 8.78 Å². The molecule has 2 aromatic rings. The maximum absolute atomic E-state index is 13.3. The van der Waals surface area contributed by atoms with Gasteiger partial charge in [0, 0.05) is 12.2 Å². The number of hydrogen-bond donors (Lipinski definition) is 1.